The van der Waals surface area contributed by atoms with E-state index in [1.54, 1.807) is 18.6 Å². The summed E-state index contributed by atoms with van der Waals surface area (Å²) in [5.41, 5.74) is 1.31. The Morgan fingerprint density at radius 1 is 1.42 bits per heavy atom. The number of carbonyl (C=O) groups is 1. The Bertz CT molecular complexity index is 575. The van der Waals surface area contributed by atoms with Crippen LogP contribution in [0.5, 0.6) is 0 Å². The highest BCUT2D eigenvalue weighted by Gasteiger charge is 2.12. The predicted molar refractivity (Wildman–Crippen MR) is 67.1 cm³/mol. The van der Waals surface area contributed by atoms with Crippen molar-refractivity contribution in [2.45, 2.75) is 6.54 Å². The minimum Gasteiger partial charge on any atom is -0.465 e. The number of benzene rings is 1. The fourth-order valence-corrected chi connectivity index (χ4v) is 1.56. The van der Waals surface area contributed by atoms with Gasteiger partial charge in [-0.25, -0.2) is 9.18 Å². The van der Waals surface area contributed by atoms with E-state index in [4.69, 9.17) is 0 Å². The maximum Gasteiger partial charge on any atom is 0.339 e. The Labute approximate surface area is 109 Å². The van der Waals surface area contributed by atoms with Gasteiger partial charge in [0, 0.05) is 12.4 Å². The molecule has 98 valence electrons. The minimum atomic E-state index is -0.526. The molecule has 0 fully saturated rings. The SMILES string of the molecule is COC(=O)c1ccc(F)cc1NCc1cnccn1. The topological polar surface area (TPSA) is 64.1 Å². The van der Waals surface area contributed by atoms with Crippen LogP contribution in [0.15, 0.2) is 36.8 Å². The van der Waals surface area contributed by atoms with E-state index in [1.165, 1.54) is 25.3 Å². The molecule has 0 aliphatic carbocycles. The summed E-state index contributed by atoms with van der Waals surface area (Å²) in [4.78, 5) is 19.5. The standard InChI is InChI=1S/C13H12FN3O2/c1-19-13(18)11-3-2-9(14)6-12(11)17-8-10-7-15-4-5-16-10/h2-7,17H,8H2,1H3. The van der Waals surface area contributed by atoms with Crippen LogP contribution < -0.4 is 5.32 Å². The zero-order valence-corrected chi connectivity index (χ0v) is 10.3. The molecule has 1 heterocycles. The van der Waals surface area contributed by atoms with Crippen LogP contribution in [0.3, 0.4) is 0 Å². The number of rotatable bonds is 4. The summed E-state index contributed by atoms with van der Waals surface area (Å²) >= 11 is 0. The second-order valence-electron chi connectivity index (χ2n) is 3.73. The number of hydrogen-bond acceptors (Lipinski definition) is 5. The van der Waals surface area contributed by atoms with Gasteiger partial charge in [-0.2, -0.15) is 0 Å². The zero-order chi connectivity index (χ0) is 13.7. The van der Waals surface area contributed by atoms with E-state index in [2.05, 4.69) is 20.0 Å². The third kappa shape index (κ3) is 3.25. The highest BCUT2D eigenvalue weighted by molar-refractivity contribution is 5.95. The van der Waals surface area contributed by atoms with Crippen molar-refractivity contribution in [3.8, 4) is 0 Å². The maximum absolute atomic E-state index is 13.2. The van der Waals surface area contributed by atoms with Gasteiger partial charge in [-0.3, -0.25) is 9.97 Å². The van der Waals surface area contributed by atoms with E-state index < -0.39 is 11.8 Å². The molecule has 0 bridgehead atoms. The first-order valence-electron chi connectivity index (χ1n) is 5.57. The number of esters is 1. The van der Waals surface area contributed by atoms with Crippen molar-refractivity contribution in [2.24, 2.45) is 0 Å². The lowest BCUT2D eigenvalue weighted by Gasteiger charge is -2.10. The Kier molecular flexibility index (Phi) is 4.02. The smallest absolute Gasteiger partial charge is 0.339 e. The summed E-state index contributed by atoms with van der Waals surface area (Å²) in [5, 5.41) is 2.94. The molecule has 0 spiro atoms. The highest BCUT2D eigenvalue weighted by atomic mass is 19.1. The molecule has 1 N–H and O–H groups in total. The number of hydrogen-bond donors (Lipinski definition) is 1. The first-order valence-corrected chi connectivity index (χ1v) is 5.57. The molecule has 1 aromatic carbocycles. The summed E-state index contributed by atoms with van der Waals surface area (Å²) in [7, 11) is 1.28. The second-order valence-corrected chi connectivity index (χ2v) is 3.73. The van der Waals surface area contributed by atoms with Crippen LogP contribution in [0.25, 0.3) is 0 Å². The highest BCUT2D eigenvalue weighted by Crippen LogP contribution is 2.18. The van der Waals surface area contributed by atoms with Crippen LogP contribution in [0.2, 0.25) is 0 Å². The lowest BCUT2D eigenvalue weighted by Crippen LogP contribution is -2.09. The number of nitrogens with zero attached hydrogens (tertiary/aromatic N) is 2. The van der Waals surface area contributed by atoms with Crippen LogP contribution in [0.4, 0.5) is 10.1 Å². The molecule has 0 saturated carbocycles. The first-order chi connectivity index (χ1) is 9.20. The van der Waals surface area contributed by atoms with E-state index in [1.807, 2.05) is 0 Å². The Hall–Kier alpha value is -2.50. The Morgan fingerprint density at radius 3 is 2.95 bits per heavy atom. The lowest BCUT2D eigenvalue weighted by atomic mass is 10.1. The van der Waals surface area contributed by atoms with Crippen molar-refractivity contribution in [1.29, 1.82) is 0 Å². The van der Waals surface area contributed by atoms with Gasteiger partial charge in [-0.1, -0.05) is 0 Å². The van der Waals surface area contributed by atoms with Crippen LogP contribution in [0.1, 0.15) is 16.1 Å². The largest absolute Gasteiger partial charge is 0.465 e. The quantitative estimate of drug-likeness (QED) is 0.853. The van der Waals surface area contributed by atoms with Gasteiger partial charge in [0.05, 0.1) is 36.8 Å². The molecule has 0 saturated heterocycles. The molecule has 0 unspecified atom stereocenters. The molecule has 2 rings (SSSR count). The molecular formula is C13H12FN3O2. The average molecular weight is 261 g/mol. The van der Waals surface area contributed by atoms with Gasteiger partial charge in [0.25, 0.3) is 0 Å². The van der Waals surface area contributed by atoms with Crippen molar-refractivity contribution in [1.82, 2.24) is 9.97 Å². The fraction of sp³-hybridized carbons (Fsp3) is 0.154. The van der Waals surface area contributed by atoms with E-state index in [0.717, 1.165) is 0 Å². The normalized spacial score (nSPS) is 10.0. The van der Waals surface area contributed by atoms with E-state index in [-0.39, 0.29) is 5.56 Å². The summed E-state index contributed by atoms with van der Waals surface area (Å²) < 4.78 is 17.9. The lowest BCUT2D eigenvalue weighted by molar-refractivity contribution is 0.0602. The molecule has 0 atom stereocenters. The van der Waals surface area contributed by atoms with Gasteiger partial charge < -0.3 is 10.1 Å². The number of anilines is 1. The molecule has 0 aliphatic rings. The van der Waals surface area contributed by atoms with Crippen LogP contribution in [-0.4, -0.2) is 23.0 Å². The molecular weight excluding hydrogens is 249 g/mol. The number of ether oxygens (including phenoxy) is 1. The number of carbonyl (C=O) groups excluding carboxylic acids is 1. The van der Waals surface area contributed by atoms with Gasteiger partial charge in [-0.05, 0) is 18.2 Å². The third-order valence-electron chi connectivity index (χ3n) is 2.46. The van der Waals surface area contributed by atoms with Crippen LogP contribution in [0, 0.1) is 5.82 Å². The van der Waals surface area contributed by atoms with Crippen LogP contribution in [-0.2, 0) is 11.3 Å². The molecule has 0 aliphatic heterocycles. The van der Waals surface area contributed by atoms with Crippen molar-refractivity contribution in [3.63, 3.8) is 0 Å². The van der Waals surface area contributed by atoms with Crippen LogP contribution >= 0.6 is 0 Å². The van der Waals surface area contributed by atoms with Crippen molar-refractivity contribution in [3.05, 3.63) is 53.9 Å². The van der Waals surface area contributed by atoms with Gasteiger partial charge >= 0.3 is 5.97 Å². The van der Waals surface area contributed by atoms with Crippen molar-refractivity contribution >= 4 is 11.7 Å². The Morgan fingerprint density at radius 2 is 2.26 bits per heavy atom. The van der Waals surface area contributed by atoms with Gasteiger partial charge in [0.15, 0.2) is 0 Å². The zero-order valence-electron chi connectivity index (χ0n) is 10.3. The van der Waals surface area contributed by atoms with Crippen molar-refractivity contribution in [2.75, 3.05) is 12.4 Å². The summed E-state index contributed by atoms with van der Waals surface area (Å²) in [6, 6.07) is 3.82. The van der Waals surface area contributed by atoms with E-state index in [9.17, 15) is 9.18 Å². The molecule has 0 radical (unpaired) electrons. The molecule has 1 aromatic heterocycles. The first kappa shape index (κ1) is 12.9. The predicted octanol–water partition coefficient (Wildman–Crippen LogP) is 2.01. The monoisotopic (exact) mass is 261 g/mol. The van der Waals surface area contributed by atoms with E-state index in [0.29, 0.717) is 17.9 Å². The maximum atomic E-state index is 13.2. The second kappa shape index (κ2) is 5.90. The summed E-state index contributed by atoms with van der Waals surface area (Å²) in [5.74, 6) is -0.962. The molecule has 6 heteroatoms. The van der Waals surface area contributed by atoms with Gasteiger partial charge in [-0.15, -0.1) is 0 Å². The summed E-state index contributed by atoms with van der Waals surface area (Å²) in [6.07, 6.45) is 4.71. The number of halogens is 1. The van der Waals surface area contributed by atoms with Gasteiger partial charge in [0.2, 0.25) is 0 Å². The summed E-state index contributed by atoms with van der Waals surface area (Å²) in [6.45, 7) is 0.335. The number of aromatic nitrogens is 2. The number of methoxy groups -OCH3 is 1. The molecule has 0 amide bonds. The van der Waals surface area contributed by atoms with E-state index >= 15 is 0 Å². The molecule has 19 heavy (non-hydrogen) atoms. The Balaban J connectivity index is 2.19. The average Bonchev–Trinajstić information content (AvgIpc) is 2.45. The molecule has 5 nitrogen and oxygen atoms in total. The minimum absolute atomic E-state index is 0.271. The fourth-order valence-electron chi connectivity index (χ4n) is 1.56. The number of nitrogens with one attached hydrogen (secondary N) is 1. The third-order valence-corrected chi connectivity index (χ3v) is 2.46. The van der Waals surface area contributed by atoms with Gasteiger partial charge in [0.1, 0.15) is 5.82 Å². The molecule has 2 aromatic rings. The van der Waals surface area contributed by atoms with Crippen molar-refractivity contribution < 1.29 is 13.9 Å².